The van der Waals surface area contributed by atoms with Gasteiger partial charge in [-0.2, -0.15) is 8.78 Å². The first kappa shape index (κ1) is 13.9. The minimum atomic E-state index is -3.10. The Labute approximate surface area is 90.1 Å². The van der Waals surface area contributed by atoms with Crippen molar-refractivity contribution in [3.63, 3.8) is 0 Å². The monoisotopic (exact) mass is 216 g/mol. The van der Waals surface area contributed by atoms with Crippen molar-refractivity contribution in [3.8, 4) is 5.75 Å². The van der Waals surface area contributed by atoms with E-state index in [2.05, 4.69) is 18.6 Å². The Bertz CT molecular complexity index is 262. The molecule has 1 aromatic carbocycles. The highest BCUT2D eigenvalue weighted by Gasteiger charge is 2.22. The first-order valence-corrected chi connectivity index (χ1v) is 5.02. The highest BCUT2D eigenvalue weighted by atomic mass is 19.3. The first-order valence-electron chi connectivity index (χ1n) is 5.02. The number of ether oxygens (including phenoxy) is 1. The summed E-state index contributed by atoms with van der Waals surface area (Å²) in [5.41, 5.74) is 1.02. The number of hydrogen-bond donors (Lipinski definition) is 0. The maximum Gasteiger partial charge on any atom is 0.394 e. The van der Waals surface area contributed by atoms with Crippen molar-refractivity contribution < 1.29 is 13.5 Å². The van der Waals surface area contributed by atoms with Crippen LogP contribution in [0.4, 0.5) is 8.78 Å². The number of alkyl halides is 2. The number of benzene rings is 1. The van der Waals surface area contributed by atoms with Gasteiger partial charge in [-0.1, -0.05) is 38.0 Å². The van der Waals surface area contributed by atoms with E-state index in [-0.39, 0.29) is 5.75 Å². The second-order valence-corrected chi connectivity index (χ2v) is 3.43. The van der Waals surface area contributed by atoms with Gasteiger partial charge in [0.25, 0.3) is 0 Å². The molecule has 0 radical (unpaired) electrons. The quantitative estimate of drug-likeness (QED) is 0.711. The summed E-state index contributed by atoms with van der Waals surface area (Å²) in [5.74, 6) is 0.188. The van der Waals surface area contributed by atoms with Crippen molar-refractivity contribution in [2.75, 3.05) is 0 Å². The van der Waals surface area contributed by atoms with Crippen molar-refractivity contribution in [2.45, 2.75) is 40.2 Å². The summed E-state index contributed by atoms with van der Waals surface area (Å²) in [6, 6.07) is 6.49. The van der Waals surface area contributed by atoms with Crippen LogP contribution < -0.4 is 4.74 Å². The fourth-order valence-corrected chi connectivity index (χ4v) is 0.813. The molecule has 0 N–H and O–H groups in total. The fraction of sp³-hybridized carbons (Fsp3) is 0.500. The van der Waals surface area contributed by atoms with Crippen LogP contribution in [0.25, 0.3) is 0 Å². The summed E-state index contributed by atoms with van der Waals surface area (Å²) in [5, 5.41) is 0. The lowest BCUT2D eigenvalue weighted by Gasteiger charge is -2.12. The number of aryl methyl sites for hydroxylation is 1. The zero-order valence-corrected chi connectivity index (χ0v) is 9.68. The molecule has 0 aliphatic rings. The molecule has 0 heterocycles. The molecule has 0 unspecified atom stereocenters. The molecule has 0 aliphatic carbocycles. The van der Waals surface area contributed by atoms with Gasteiger partial charge in [-0.25, -0.2) is 0 Å². The smallest absolute Gasteiger partial charge is 0.394 e. The molecule has 15 heavy (non-hydrogen) atoms. The molecule has 0 saturated carbocycles. The summed E-state index contributed by atoms with van der Waals surface area (Å²) in [6.07, 6.45) is -1.85. The molecule has 0 fully saturated rings. The third-order valence-corrected chi connectivity index (χ3v) is 1.32. The Morgan fingerprint density at radius 1 is 1.13 bits per heavy atom. The van der Waals surface area contributed by atoms with Gasteiger partial charge in [0.1, 0.15) is 5.75 Å². The first-order chi connectivity index (χ1) is 6.89. The zero-order chi connectivity index (χ0) is 11.9. The molecule has 86 valence electrons. The second kappa shape index (κ2) is 6.38. The Kier molecular flexibility index (Phi) is 5.90. The predicted molar refractivity (Wildman–Crippen MR) is 58.4 cm³/mol. The summed E-state index contributed by atoms with van der Waals surface area (Å²) >= 11 is 0. The van der Waals surface area contributed by atoms with Gasteiger partial charge in [0.05, 0.1) is 0 Å². The van der Waals surface area contributed by atoms with Crippen LogP contribution in [0.2, 0.25) is 0 Å². The van der Waals surface area contributed by atoms with Gasteiger partial charge in [0.15, 0.2) is 0 Å². The van der Waals surface area contributed by atoms with Gasteiger partial charge >= 0.3 is 6.11 Å². The molecule has 1 aromatic rings. The van der Waals surface area contributed by atoms with Crippen molar-refractivity contribution >= 4 is 0 Å². The normalized spacial score (nSPS) is 10.3. The Morgan fingerprint density at radius 2 is 1.53 bits per heavy atom. The molecule has 3 heteroatoms. The van der Waals surface area contributed by atoms with Gasteiger partial charge in [0, 0.05) is 6.92 Å². The minimum absolute atomic E-state index is 0.188. The fourth-order valence-electron chi connectivity index (χ4n) is 0.813. The molecular weight excluding hydrogens is 198 g/mol. The highest BCUT2D eigenvalue weighted by Crippen LogP contribution is 2.20. The van der Waals surface area contributed by atoms with Crippen LogP contribution in [-0.4, -0.2) is 6.11 Å². The van der Waals surface area contributed by atoms with Crippen LogP contribution in [0, 0.1) is 6.92 Å². The number of halogens is 2. The van der Waals surface area contributed by atoms with E-state index in [1.54, 1.807) is 12.1 Å². The van der Waals surface area contributed by atoms with E-state index in [1.807, 2.05) is 6.92 Å². The van der Waals surface area contributed by atoms with Gasteiger partial charge in [-0.3, -0.25) is 0 Å². The van der Waals surface area contributed by atoms with E-state index in [0.29, 0.717) is 6.92 Å². The third-order valence-electron chi connectivity index (χ3n) is 1.32. The lowest BCUT2D eigenvalue weighted by molar-refractivity contribution is -0.158. The Balaban J connectivity index is 0.000000583. The molecule has 0 amide bonds. The molecule has 0 bridgehead atoms. The van der Waals surface area contributed by atoms with Gasteiger partial charge < -0.3 is 4.74 Å². The molecule has 0 aliphatic heterocycles. The summed E-state index contributed by atoms with van der Waals surface area (Å²) in [4.78, 5) is 0. The van der Waals surface area contributed by atoms with E-state index in [4.69, 9.17) is 0 Å². The SMILES string of the molecule is CCC.Cc1ccc(OC(C)(F)F)cc1. The molecule has 0 atom stereocenters. The van der Waals surface area contributed by atoms with Crippen LogP contribution in [-0.2, 0) is 0 Å². The Morgan fingerprint density at radius 3 is 1.87 bits per heavy atom. The molecule has 0 aromatic heterocycles. The third kappa shape index (κ3) is 7.91. The molecule has 0 spiro atoms. The van der Waals surface area contributed by atoms with Crippen molar-refractivity contribution in [3.05, 3.63) is 29.8 Å². The maximum absolute atomic E-state index is 12.3. The van der Waals surface area contributed by atoms with E-state index in [1.165, 1.54) is 18.6 Å². The standard InChI is InChI=1S/C9H10F2O.C3H8/c1-7-3-5-8(6-4-7)12-9(2,10)11;1-3-2/h3-6H,1-2H3;3H2,1-2H3. The average Bonchev–Trinajstić information content (AvgIpc) is 2.08. The Hall–Kier alpha value is -1.12. The number of rotatable bonds is 2. The van der Waals surface area contributed by atoms with Crippen LogP contribution >= 0.6 is 0 Å². The van der Waals surface area contributed by atoms with Crippen LogP contribution in [0.15, 0.2) is 24.3 Å². The molecular formula is C12H18F2O. The molecule has 1 nitrogen and oxygen atoms in total. The van der Waals surface area contributed by atoms with E-state index in [0.717, 1.165) is 5.56 Å². The summed E-state index contributed by atoms with van der Waals surface area (Å²) < 4.78 is 28.9. The van der Waals surface area contributed by atoms with E-state index in [9.17, 15) is 8.78 Å². The van der Waals surface area contributed by atoms with Crippen molar-refractivity contribution in [2.24, 2.45) is 0 Å². The van der Waals surface area contributed by atoms with Crippen molar-refractivity contribution in [1.82, 2.24) is 0 Å². The second-order valence-electron chi connectivity index (χ2n) is 3.43. The van der Waals surface area contributed by atoms with Crippen LogP contribution in [0.1, 0.15) is 32.8 Å². The van der Waals surface area contributed by atoms with Gasteiger partial charge in [0.2, 0.25) is 0 Å². The van der Waals surface area contributed by atoms with Gasteiger partial charge in [-0.15, -0.1) is 0 Å². The lowest BCUT2D eigenvalue weighted by atomic mass is 10.2. The predicted octanol–water partition coefficient (Wildman–Crippen LogP) is 4.40. The largest absolute Gasteiger partial charge is 0.433 e. The zero-order valence-electron chi connectivity index (χ0n) is 9.68. The summed E-state index contributed by atoms with van der Waals surface area (Å²) in [7, 11) is 0. The van der Waals surface area contributed by atoms with Crippen LogP contribution in [0.3, 0.4) is 0 Å². The minimum Gasteiger partial charge on any atom is -0.433 e. The maximum atomic E-state index is 12.3. The summed E-state index contributed by atoms with van der Waals surface area (Å²) in [6.45, 7) is 6.85. The van der Waals surface area contributed by atoms with Crippen molar-refractivity contribution in [1.29, 1.82) is 0 Å². The van der Waals surface area contributed by atoms with Gasteiger partial charge in [-0.05, 0) is 19.1 Å². The molecule has 0 saturated heterocycles. The highest BCUT2D eigenvalue weighted by molar-refractivity contribution is 5.26. The topological polar surface area (TPSA) is 9.23 Å². The number of hydrogen-bond acceptors (Lipinski definition) is 1. The lowest BCUT2D eigenvalue weighted by Crippen LogP contribution is -2.18. The van der Waals surface area contributed by atoms with E-state index >= 15 is 0 Å². The van der Waals surface area contributed by atoms with E-state index < -0.39 is 6.11 Å². The average molecular weight is 216 g/mol. The van der Waals surface area contributed by atoms with Crippen LogP contribution in [0.5, 0.6) is 5.75 Å². The molecule has 1 rings (SSSR count).